The molecule has 1 heterocycles. The number of benzene rings is 2. The number of carboxylic acids is 1. The summed E-state index contributed by atoms with van der Waals surface area (Å²) in [5.41, 5.74) is 0.397. The lowest BCUT2D eigenvalue weighted by molar-refractivity contribution is -0.135. The molecule has 3 rings (SSSR count). The summed E-state index contributed by atoms with van der Waals surface area (Å²) in [5.74, 6) is -3.99. The Balaban J connectivity index is 1.75. The van der Waals surface area contributed by atoms with Gasteiger partial charge in [-0.15, -0.1) is 0 Å². The zero-order valence-corrected chi connectivity index (χ0v) is 25.7. The zero-order valence-electron chi connectivity index (χ0n) is 25.7. The topological polar surface area (TPSA) is 196 Å². The number of aliphatic carboxylic acids is 1. The predicted octanol–water partition coefficient (Wildman–Crippen LogP) is 1.34. The molecule has 2 aromatic carbocycles. The van der Waals surface area contributed by atoms with Gasteiger partial charge in [-0.05, 0) is 42.0 Å². The number of nitrogens with one attached hydrogen (secondary N) is 4. The molecule has 0 unspecified atom stereocenters. The number of rotatable bonds is 14. The number of hydrogen-bond acceptors (Lipinski definition) is 7. The number of carbonyl (C=O) groups excluding carboxylic acids is 4. The second kappa shape index (κ2) is 15.5. The van der Waals surface area contributed by atoms with Crippen LogP contribution in [0.5, 0.6) is 5.75 Å². The number of aromatic hydroxyl groups is 1. The fourth-order valence-electron chi connectivity index (χ4n) is 4.99. The van der Waals surface area contributed by atoms with Gasteiger partial charge in [0.2, 0.25) is 17.7 Å². The molecule has 0 aliphatic heterocycles. The third-order valence-electron chi connectivity index (χ3n) is 7.05. The summed E-state index contributed by atoms with van der Waals surface area (Å²) >= 11 is 0. The highest BCUT2D eigenvalue weighted by Crippen LogP contribution is 2.27. The van der Waals surface area contributed by atoms with Crippen molar-refractivity contribution < 1.29 is 34.2 Å². The second-order valence-electron chi connectivity index (χ2n) is 11.3. The van der Waals surface area contributed by atoms with E-state index in [1.54, 1.807) is 12.1 Å². The van der Waals surface area contributed by atoms with E-state index in [-0.39, 0.29) is 30.2 Å². The molecule has 0 bridgehead atoms. The number of carboxylic acid groups (broad SMARTS) is 1. The number of carbonyl (C=O) groups is 5. The number of pyridine rings is 1. The summed E-state index contributed by atoms with van der Waals surface area (Å²) in [6, 6.07) is 12.8. The van der Waals surface area contributed by atoms with Crippen LogP contribution in [0.15, 0.2) is 53.3 Å². The number of hydrogen-bond donors (Lipinski definition) is 6. The lowest BCUT2D eigenvalue weighted by Gasteiger charge is -2.23. The Morgan fingerprint density at radius 3 is 2.24 bits per heavy atom. The first kappa shape index (κ1) is 34.3. The standard InChI is InChI=1S/C32H39N5O8/c1-18(2)12-24(36-26(39)15-22(35-19(3)38)13-20-8-6-5-7-9-20)30(43)33-16-21-10-11-25-23(14-21)29(42)28(32(45)37(25)4)31(44)34-17-27(40)41/h5-11,14,18,22,24,42H,12-13,15-17H2,1-4H3,(H,33,43)(H,34,44)(H,35,38)(H,36,39)(H,40,41)/t22-,24-/m0/s1. The van der Waals surface area contributed by atoms with E-state index in [9.17, 15) is 33.9 Å². The van der Waals surface area contributed by atoms with E-state index in [0.717, 1.165) is 10.1 Å². The summed E-state index contributed by atoms with van der Waals surface area (Å²) in [6.07, 6.45) is 0.774. The first-order valence-electron chi connectivity index (χ1n) is 14.5. The first-order valence-corrected chi connectivity index (χ1v) is 14.5. The van der Waals surface area contributed by atoms with Gasteiger partial charge in [-0.3, -0.25) is 28.8 Å². The maximum Gasteiger partial charge on any atom is 0.322 e. The molecule has 1 aromatic heterocycles. The number of amides is 4. The Hall–Kier alpha value is -5.20. The van der Waals surface area contributed by atoms with E-state index in [1.807, 2.05) is 44.2 Å². The monoisotopic (exact) mass is 621 g/mol. The summed E-state index contributed by atoms with van der Waals surface area (Å²) in [6.45, 7) is 4.49. The molecule has 0 saturated carbocycles. The third-order valence-corrected chi connectivity index (χ3v) is 7.05. The molecule has 45 heavy (non-hydrogen) atoms. The second-order valence-corrected chi connectivity index (χ2v) is 11.3. The van der Waals surface area contributed by atoms with Crippen LogP contribution in [0.3, 0.4) is 0 Å². The Labute approximate surface area is 260 Å². The van der Waals surface area contributed by atoms with Crippen LogP contribution in [0.4, 0.5) is 0 Å². The fraction of sp³-hybridized carbons (Fsp3) is 0.375. The van der Waals surface area contributed by atoms with Crippen LogP contribution in [0.1, 0.15) is 55.1 Å². The van der Waals surface area contributed by atoms with Crippen LogP contribution in [0.25, 0.3) is 10.9 Å². The van der Waals surface area contributed by atoms with Crippen molar-refractivity contribution in [2.24, 2.45) is 13.0 Å². The van der Waals surface area contributed by atoms with E-state index >= 15 is 0 Å². The SMILES string of the molecule is CC(=O)N[C@H](CC(=O)N[C@@H](CC(C)C)C(=O)NCc1ccc2c(c1)c(O)c(C(=O)NCC(=O)O)c(=O)n2C)Cc1ccccc1. The molecular weight excluding hydrogens is 582 g/mol. The normalized spacial score (nSPS) is 12.3. The van der Waals surface area contributed by atoms with Gasteiger partial charge in [0.25, 0.3) is 11.5 Å². The number of fused-ring (bicyclic) bond motifs is 1. The molecule has 3 aromatic rings. The Bertz CT molecular complexity index is 1630. The van der Waals surface area contributed by atoms with Gasteiger partial charge in [-0.25, -0.2) is 0 Å². The quantitative estimate of drug-likeness (QED) is 0.155. The maximum atomic E-state index is 13.3. The molecular formula is C32H39N5O8. The van der Waals surface area contributed by atoms with Gasteiger partial charge in [0.15, 0.2) is 0 Å². The molecule has 13 heteroatoms. The summed E-state index contributed by atoms with van der Waals surface area (Å²) < 4.78 is 1.16. The van der Waals surface area contributed by atoms with Gasteiger partial charge >= 0.3 is 5.97 Å². The van der Waals surface area contributed by atoms with Gasteiger partial charge in [0, 0.05) is 38.4 Å². The van der Waals surface area contributed by atoms with Crippen LogP contribution in [-0.2, 0) is 39.2 Å². The van der Waals surface area contributed by atoms with Crippen molar-refractivity contribution >= 4 is 40.5 Å². The van der Waals surface area contributed by atoms with Crippen molar-refractivity contribution in [3.8, 4) is 5.75 Å². The van der Waals surface area contributed by atoms with Crippen molar-refractivity contribution in [1.82, 2.24) is 25.8 Å². The predicted molar refractivity (Wildman–Crippen MR) is 166 cm³/mol. The van der Waals surface area contributed by atoms with E-state index in [1.165, 1.54) is 20.0 Å². The van der Waals surface area contributed by atoms with Crippen molar-refractivity contribution in [3.05, 3.63) is 75.6 Å². The minimum Gasteiger partial charge on any atom is -0.506 e. The minimum atomic E-state index is -1.31. The van der Waals surface area contributed by atoms with E-state index < -0.39 is 59.2 Å². The lowest BCUT2D eigenvalue weighted by atomic mass is 10.0. The van der Waals surface area contributed by atoms with Crippen molar-refractivity contribution in [1.29, 1.82) is 0 Å². The lowest BCUT2D eigenvalue weighted by Crippen LogP contribution is -2.49. The van der Waals surface area contributed by atoms with Crippen LogP contribution >= 0.6 is 0 Å². The summed E-state index contributed by atoms with van der Waals surface area (Å²) in [4.78, 5) is 74.1. The van der Waals surface area contributed by atoms with Gasteiger partial charge < -0.3 is 36.0 Å². The average molecular weight is 622 g/mol. The molecule has 13 nitrogen and oxygen atoms in total. The van der Waals surface area contributed by atoms with Gasteiger partial charge in [-0.1, -0.05) is 50.2 Å². The smallest absolute Gasteiger partial charge is 0.322 e. The Morgan fingerprint density at radius 2 is 1.62 bits per heavy atom. The maximum absolute atomic E-state index is 13.3. The number of aryl methyl sites for hydroxylation is 1. The van der Waals surface area contributed by atoms with Crippen LogP contribution in [0, 0.1) is 5.92 Å². The molecule has 0 aliphatic rings. The molecule has 6 N–H and O–H groups in total. The van der Waals surface area contributed by atoms with Crippen LogP contribution < -0.4 is 26.8 Å². The minimum absolute atomic E-state index is 0.00455. The Morgan fingerprint density at radius 1 is 0.933 bits per heavy atom. The van der Waals surface area contributed by atoms with Crippen LogP contribution in [-0.4, -0.2) is 63.0 Å². The summed E-state index contributed by atoms with van der Waals surface area (Å²) in [7, 11) is 1.41. The summed E-state index contributed by atoms with van der Waals surface area (Å²) in [5, 5.41) is 30.3. The van der Waals surface area contributed by atoms with Crippen molar-refractivity contribution in [3.63, 3.8) is 0 Å². The number of nitrogens with zero attached hydrogens (tertiary/aromatic N) is 1. The molecule has 240 valence electrons. The highest BCUT2D eigenvalue weighted by atomic mass is 16.4. The van der Waals surface area contributed by atoms with Crippen molar-refractivity contribution in [2.45, 2.75) is 58.7 Å². The molecule has 0 aliphatic carbocycles. The Kier molecular flexibility index (Phi) is 11.8. The van der Waals surface area contributed by atoms with Crippen molar-refractivity contribution in [2.75, 3.05) is 6.54 Å². The molecule has 0 saturated heterocycles. The number of aromatic nitrogens is 1. The highest BCUT2D eigenvalue weighted by molar-refractivity contribution is 6.03. The van der Waals surface area contributed by atoms with Crippen LogP contribution in [0.2, 0.25) is 0 Å². The van der Waals surface area contributed by atoms with E-state index in [4.69, 9.17) is 5.11 Å². The molecule has 4 amide bonds. The fourth-order valence-corrected chi connectivity index (χ4v) is 4.99. The largest absolute Gasteiger partial charge is 0.506 e. The van der Waals surface area contributed by atoms with Gasteiger partial charge in [0.1, 0.15) is 23.9 Å². The van der Waals surface area contributed by atoms with Gasteiger partial charge in [0.05, 0.1) is 5.52 Å². The zero-order chi connectivity index (χ0) is 33.3. The first-order chi connectivity index (χ1) is 21.3. The molecule has 0 spiro atoms. The average Bonchev–Trinajstić information content (AvgIpc) is 2.97. The molecule has 2 atom stereocenters. The van der Waals surface area contributed by atoms with E-state index in [2.05, 4.69) is 21.3 Å². The highest BCUT2D eigenvalue weighted by Gasteiger charge is 2.25. The van der Waals surface area contributed by atoms with E-state index in [0.29, 0.717) is 23.9 Å². The van der Waals surface area contributed by atoms with Gasteiger partial charge in [-0.2, -0.15) is 0 Å². The molecule has 0 radical (unpaired) electrons. The third kappa shape index (κ3) is 9.65. The molecule has 0 fully saturated rings.